The standard InChI is InChI=1S/C26H32ClF3N4O2/c1-4-17(10-11-31)21-9-8-20(15-23(21)27)36-13-5-12-33-25(2,3)24(35)34-19-7-6-18(16-32)22(14-19)26(28,29)30/h6-11,15,18,22,24,31,33,35H,4-5,12-14H2,1-3H3/b17-10+,31-11?,34-19?. The third-order valence-corrected chi connectivity index (χ3v) is 6.30. The molecule has 1 aliphatic rings. The van der Waals surface area contributed by atoms with Crippen molar-refractivity contribution in [2.45, 2.75) is 58.0 Å². The van der Waals surface area contributed by atoms with Gasteiger partial charge in [0.05, 0.1) is 35.1 Å². The molecule has 3 unspecified atom stereocenters. The highest BCUT2D eigenvalue weighted by Crippen LogP contribution is 2.38. The summed E-state index contributed by atoms with van der Waals surface area (Å²) in [6, 6.07) is 7.07. The first kappa shape index (κ1) is 29.6. The summed E-state index contributed by atoms with van der Waals surface area (Å²) in [4.78, 5) is 4.09. The molecule has 10 heteroatoms. The molecule has 6 nitrogen and oxygen atoms in total. The lowest BCUT2D eigenvalue weighted by Crippen LogP contribution is -2.49. The maximum atomic E-state index is 13.3. The van der Waals surface area contributed by atoms with Gasteiger partial charge in [0, 0.05) is 18.3 Å². The maximum Gasteiger partial charge on any atom is 0.393 e. The Balaban J connectivity index is 1.88. The lowest BCUT2D eigenvalue weighted by molar-refractivity contribution is -0.178. The zero-order valence-corrected chi connectivity index (χ0v) is 21.3. The number of hydrogen-bond donors (Lipinski definition) is 3. The summed E-state index contributed by atoms with van der Waals surface area (Å²) in [5.74, 6) is -2.49. The van der Waals surface area contributed by atoms with E-state index in [1.165, 1.54) is 18.4 Å². The van der Waals surface area contributed by atoms with E-state index in [-0.39, 0.29) is 5.71 Å². The number of aliphatic imine (C=N–C) groups is 1. The Kier molecular flexibility index (Phi) is 10.7. The molecule has 196 valence electrons. The second-order valence-electron chi connectivity index (χ2n) is 9.06. The molecule has 1 aliphatic carbocycles. The smallest absolute Gasteiger partial charge is 0.393 e. The van der Waals surface area contributed by atoms with Crippen molar-refractivity contribution in [3.63, 3.8) is 0 Å². The minimum Gasteiger partial charge on any atom is -0.493 e. The fourth-order valence-electron chi connectivity index (χ4n) is 3.74. The Hall–Kier alpha value is -2.67. The highest BCUT2D eigenvalue weighted by atomic mass is 35.5. The van der Waals surface area contributed by atoms with Crippen LogP contribution in [-0.4, -0.2) is 48.1 Å². The van der Waals surface area contributed by atoms with Gasteiger partial charge in [0.25, 0.3) is 0 Å². The molecule has 3 N–H and O–H groups in total. The Bertz CT molecular complexity index is 1040. The molecule has 0 fully saturated rings. The first-order valence-electron chi connectivity index (χ1n) is 11.7. The van der Waals surface area contributed by atoms with Crippen LogP contribution in [0, 0.1) is 28.6 Å². The maximum absolute atomic E-state index is 13.3. The minimum atomic E-state index is -4.52. The van der Waals surface area contributed by atoms with Gasteiger partial charge in [-0.2, -0.15) is 18.4 Å². The van der Waals surface area contributed by atoms with Crippen LogP contribution in [0.5, 0.6) is 5.75 Å². The van der Waals surface area contributed by atoms with Gasteiger partial charge in [0.15, 0.2) is 6.23 Å². The van der Waals surface area contributed by atoms with E-state index in [0.717, 1.165) is 17.6 Å². The van der Waals surface area contributed by atoms with Gasteiger partial charge in [0.2, 0.25) is 0 Å². The zero-order valence-electron chi connectivity index (χ0n) is 20.6. The summed E-state index contributed by atoms with van der Waals surface area (Å²) in [5.41, 5.74) is 1.02. The van der Waals surface area contributed by atoms with E-state index < -0.39 is 36.2 Å². The fraction of sp³-hybridized carbons (Fsp3) is 0.500. The average molecular weight is 525 g/mol. The first-order chi connectivity index (χ1) is 16.9. The van der Waals surface area contributed by atoms with Crippen molar-refractivity contribution in [1.82, 2.24) is 5.32 Å². The molecular weight excluding hydrogens is 493 g/mol. The molecule has 0 aliphatic heterocycles. The van der Waals surface area contributed by atoms with Crippen LogP contribution < -0.4 is 10.1 Å². The number of benzene rings is 1. The van der Waals surface area contributed by atoms with Crippen LogP contribution in [0.4, 0.5) is 13.2 Å². The van der Waals surface area contributed by atoms with E-state index in [1.54, 1.807) is 32.1 Å². The summed E-state index contributed by atoms with van der Waals surface area (Å²) in [6.45, 7) is 6.26. The molecule has 36 heavy (non-hydrogen) atoms. The lowest BCUT2D eigenvalue weighted by Gasteiger charge is -2.31. The molecule has 1 aromatic rings. The molecule has 1 aromatic carbocycles. The summed E-state index contributed by atoms with van der Waals surface area (Å²) < 4.78 is 45.6. The van der Waals surface area contributed by atoms with Crippen molar-refractivity contribution in [3.8, 4) is 11.8 Å². The van der Waals surface area contributed by atoms with Crippen LogP contribution in [0.3, 0.4) is 0 Å². The van der Waals surface area contributed by atoms with Gasteiger partial charge in [0.1, 0.15) is 5.75 Å². The molecule has 0 spiro atoms. The van der Waals surface area contributed by atoms with Gasteiger partial charge in [-0.15, -0.1) is 0 Å². The number of nitrogens with one attached hydrogen (secondary N) is 2. The van der Waals surface area contributed by atoms with E-state index in [2.05, 4.69) is 10.3 Å². The molecule has 2 rings (SSSR count). The van der Waals surface area contributed by atoms with E-state index >= 15 is 0 Å². The predicted molar refractivity (Wildman–Crippen MR) is 137 cm³/mol. The molecule has 0 amide bonds. The van der Waals surface area contributed by atoms with E-state index in [1.807, 2.05) is 19.1 Å². The number of ether oxygens (including phenoxy) is 1. The molecule has 0 bridgehead atoms. The third-order valence-electron chi connectivity index (χ3n) is 5.98. The Morgan fingerprint density at radius 2 is 2.14 bits per heavy atom. The number of nitrogens with zero attached hydrogens (tertiary/aromatic N) is 2. The molecule has 0 radical (unpaired) electrons. The van der Waals surface area contributed by atoms with Crippen LogP contribution in [0.25, 0.3) is 5.57 Å². The zero-order chi connectivity index (χ0) is 26.9. The van der Waals surface area contributed by atoms with Crippen LogP contribution in [0.1, 0.15) is 45.6 Å². The second-order valence-corrected chi connectivity index (χ2v) is 9.47. The number of aliphatic hydroxyl groups is 1. The lowest BCUT2D eigenvalue weighted by atomic mass is 9.83. The van der Waals surface area contributed by atoms with E-state index in [4.69, 9.17) is 27.0 Å². The fourth-order valence-corrected chi connectivity index (χ4v) is 4.04. The predicted octanol–water partition coefficient (Wildman–Crippen LogP) is 5.96. The van der Waals surface area contributed by atoms with Crippen LogP contribution in [0.2, 0.25) is 5.02 Å². The number of hydrogen-bond acceptors (Lipinski definition) is 6. The molecular formula is C26H32ClF3N4O2. The summed E-state index contributed by atoms with van der Waals surface area (Å²) >= 11 is 6.37. The minimum absolute atomic E-state index is 0.108. The van der Waals surface area contributed by atoms with Gasteiger partial charge < -0.3 is 20.6 Å². The quantitative estimate of drug-likeness (QED) is 0.245. The second kappa shape index (κ2) is 13.0. The van der Waals surface area contributed by atoms with Crippen molar-refractivity contribution < 1.29 is 23.0 Å². The number of alkyl halides is 3. The molecule has 0 heterocycles. The number of halogens is 4. The first-order valence-corrected chi connectivity index (χ1v) is 12.1. The van der Waals surface area contributed by atoms with Crippen molar-refractivity contribution in [3.05, 3.63) is 47.0 Å². The van der Waals surface area contributed by atoms with E-state index in [9.17, 15) is 18.3 Å². The average Bonchev–Trinajstić information content (AvgIpc) is 2.82. The van der Waals surface area contributed by atoms with Gasteiger partial charge in [-0.05, 0) is 74.7 Å². The molecule has 0 saturated heterocycles. The van der Waals surface area contributed by atoms with Gasteiger partial charge >= 0.3 is 6.18 Å². The number of allylic oxidation sites excluding steroid dienone is 4. The largest absolute Gasteiger partial charge is 0.493 e. The van der Waals surface area contributed by atoms with Gasteiger partial charge in [-0.25, -0.2) is 0 Å². The highest BCUT2D eigenvalue weighted by Gasteiger charge is 2.46. The number of nitriles is 1. The summed E-state index contributed by atoms with van der Waals surface area (Å²) in [7, 11) is 0. The molecule has 3 atom stereocenters. The van der Waals surface area contributed by atoms with Crippen LogP contribution in [0.15, 0.2) is 41.4 Å². The monoisotopic (exact) mass is 524 g/mol. The summed E-state index contributed by atoms with van der Waals surface area (Å²) in [5, 5.41) is 30.5. The molecule has 0 aromatic heterocycles. The van der Waals surface area contributed by atoms with Crippen molar-refractivity contribution in [1.29, 1.82) is 10.7 Å². The molecule has 0 saturated carbocycles. The van der Waals surface area contributed by atoms with Gasteiger partial charge in [-0.1, -0.05) is 24.6 Å². The Labute approximate surface area is 215 Å². The van der Waals surface area contributed by atoms with Crippen molar-refractivity contribution >= 4 is 29.1 Å². The number of aliphatic hydroxyl groups excluding tert-OH is 1. The Morgan fingerprint density at radius 1 is 1.42 bits per heavy atom. The van der Waals surface area contributed by atoms with Crippen LogP contribution in [-0.2, 0) is 0 Å². The number of rotatable bonds is 11. The third kappa shape index (κ3) is 8.19. The van der Waals surface area contributed by atoms with E-state index in [0.29, 0.717) is 30.3 Å². The highest BCUT2D eigenvalue weighted by molar-refractivity contribution is 6.32. The SMILES string of the molecule is CC/C(=C\C=N)c1ccc(OCCCNC(C)(C)C(O)N=C2C=CC(C#N)C(C(F)(F)F)C2)cc1Cl. The van der Waals surface area contributed by atoms with Crippen molar-refractivity contribution in [2.24, 2.45) is 16.8 Å². The summed E-state index contributed by atoms with van der Waals surface area (Å²) in [6.07, 6.45) is 0.596. The van der Waals surface area contributed by atoms with Gasteiger partial charge in [-0.3, -0.25) is 4.99 Å². The van der Waals surface area contributed by atoms with Crippen molar-refractivity contribution in [2.75, 3.05) is 13.2 Å². The topological polar surface area (TPSA) is 101 Å². The Morgan fingerprint density at radius 3 is 2.72 bits per heavy atom. The van der Waals surface area contributed by atoms with Crippen LogP contribution >= 0.6 is 11.6 Å². The normalized spacial score (nSPS) is 20.8.